The van der Waals surface area contributed by atoms with Crippen molar-refractivity contribution < 1.29 is 14.3 Å². The van der Waals surface area contributed by atoms with Gasteiger partial charge in [0.25, 0.3) is 0 Å². The lowest BCUT2D eigenvalue weighted by Gasteiger charge is -2.18. The largest absolute Gasteiger partial charge is 0.445 e. The Morgan fingerprint density at radius 1 is 1.00 bits per heavy atom. The monoisotopic (exact) mass is 504 g/mol. The zero-order valence-electron chi connectivity index (χ0n) is 19.6. The van der Waals surface area contributed by atoms with Gasteiger partial charge in [0.2, 0.25) is 5.91 Å². The number of nitrogens with two attached hydrogens (primary N) is 1. The number of carbonyl (C=O) groups excluding carboxylic acids is 2. The van der Waals surface area contributed by atoms with Crippen LogP contribution in [0.3, 0.4) is 0 Å². The molecule has 7 nitrogen and oxygen atoms in total. The number of aromatic amines is 1. The van der Waals surface area contributed by atoms with E-state index in [2.05, 4.69) is 15.6 Å². The van der Waals surface area contributed by atoms with Gasteiger partial charge in [-0.05, 0) is 41.3 Å². The maximum atomic E-state index is 13.3. The number of benzene rings is 3. The number of anilines is 1. The zero-order chi connectivity index (χ0) is 24.2. The van der Waals surface area contributed by atoms with Gasteiger partial charge in [-0.15, -0.1) is 12.4 Å². The highest BCUT2D eigenvalue weighted by Crippen LogP contribution is 2.39. The molecule has 1 heterocycles. The minimum absolute atomic E-state index is 0. The van der Waals surface area contributed by atoms with Crippen LogP contribution in [0.25, 0.3) is 10.9 Å². The first-order valence-corrected chi connectivity index (χ1v) is 11.8. The number of amides is 2. The Balaban J connectivity index is 0.00000304. The number of hydrogen-bond donors (Lipinski definition) is 4. The Morgan fingerprint density at radius 3 is 2.42 bits per heavy atom. The third-order valence-electron chi connectivity index (χ3n) is 6.37. The Labute approximate surface area is 215 Å². The van der Waals surface area contributed by atoms with E-state index in [4.69, 9.17) is 10.5 Å². The van der Waals surface area contributed by atoms with Gasteiger partial charge in [0, 0.05) is 41.2 Å². The van der Waals surface area contributed by atoms with Crippen LogP contribution in [-0.2, 0) is 22.6 Å². The lowest BCUT2D eigenvalue weighted by molar-refractivity contribution is -0.118. The van der Waals surface area contributed by atoms with Crippen LogP contribution in [0.4, 0.5) is 10.5 Å². The second-order valence-electron chi connectivity index (χ2n) is 8.94. The van der Waals surface area contributed by atoms with Crippen molar-refractivity contribution in [2.75, 3.05) is 5.32 Å². The molecular weight excluding hydrogens is 476 g/mol. The molecule has 4 aromatic rings. The summed E-state index contributed by atoms with van der Waals surface area (Å²) >= 11 is 0. The van der Waals surface area contributed by atoms with Crippen molar-refractivity contribution >= 4 is 41.0 Å². The smallest absolute Gasteiger partial charge is 0.408 e. The molecule has 0 aliphatic heterocycles. The SMILES string of the molecule is Cl.N[C@@H]1C[C@H]1c1ccc(NC(=O)C(Cc2c[nH]c3ccccc23)NC(=O)OCc2ccccc2)cc1. The maximum Gasteiger partial charge on any atom is 0.408 e. The minimum Gasteiger partial charge on any atom is -0.445 e. The molecule has 1 aromatic heterocycles. The van der Waals surface area contributed by atoms with Crippen molar-refractivity contribution in [1.29, 1.82) is 0 Å². The van der Waals surface area contributed by atoms with Crippen LogP contribution in [0.5, 0.6) is 0 Å². The summed E-state index contributed by atoms with van der Waals surface area (Å²) in [6.45, 7) is 0.124. The highest BCUT2D eigenvalue weighted by atomic mass is 35.5. The number of aromatic nitrogens is 1. The van der Waals surface area contributed by atoms with Gasteiger partial charge in [-0.3, -0.25) is 4.79 Å². The fourth-order valence-electron chi connectivity index (χ4n) is 4.28. The summed E-state index contributed by atoms with van der Waals surface area (Å²) in [5, 5.41) is 6.69. The highest BCUT2D eigenvalue weighted by Gasteiger charge is 2.34. The average Bonchev–Trinajstić information content (AvgIpc) is 3.48. The molecule has 5 rings (SSSR count). The standard InChI is InChI=1S/C28H28N4O3.ClH/c29-24-15-23(24)19-10-12-21(13-11-19)31-27(33)26(14-20-16-30-25-9-5-4-8-22(20)25)32-28(34)35-17-18-6-2-1-3-7-18;/h1-13,16,23-24,26,30H,14-15,17,29H2,(H,31,33)(H,32,34);1H/t23-,24+,26?;/m0./s1. The minimum atomic E-state index is -0.825. The number of halogens is 1. The fraction of sp³-hybridized carbons (Fsp3) is 0.214. The number of carbonyl (C=O) groups is 2. The number of ether oxygens (including phenoxy) is 1. The lowest BCUT2D eigenvalue weighted by Crippen LogP contribution is -2.45. The van der Waals surface area contributed by atoms with Crippen LogP contribution in [0.1, 0.15) is 29.0 Å². The highest BCUT2D eigenvalue weighted by molar-refractivity contribution is 5.97. The van der Waals surface area contributed by atoms with Crippen LogP contribution in [0, 0.1) is 0 Å². The zero-order valence-corrected chi connectivity index (χ0v) is 20.5. The van der Waals surface area contributed by atoms with Gasteiger partial charge >= 0.3 is 6.09 Å². The van der Waals surface area contributed by atoms with Crippen molar-refractivity contribution in [3.05, 3.63) is 102 Å². The molecule has 186 valence electrons. The Morgan fingerprint density at radius 2 is 1.69 bits per heavy atom. The Kier molecular flexibility index (Phi) is 7.93. The van der Waals surface area contributed by atoms with Crippen molar-refractivity contribution in [1.82, 2.24) is 10.3 Å². The van der Waals surface area contributed by atoms with E-state index in [0.717, 1.165) is 28.5 Å². The van der Waals surface area contributed by atoms with E-state index in [0.29, 0.717) is 18.0 Å². The molecule has 1 aliphatic rings. The predicted octanol–water partition coefficient (Wildman–Crippen LogP) is 4.88. The molecule has 3 aromatic carbocycles. The van der Waals surface area contributed by atoms with E-state index in [-0.39, 0.29) is 31.0 Å². The van der Waals surface area contributed by atoms with Crippen molar-refractivity contribution in [2.45, 2.75) is 37.5 Å². The molecule has 2 amide bonds. The van der Waals surface area contributed by atoms with E-state index in [1.165, 1.54) is 5.56 Å². The van der Waals surface area contributed by atoms with Gasteiger partial charge in [0.05, 0.1) is 0 Å². The van der Waals surface area contributed by atoms with Crippen molar-refractivity contribution in [3.63, 3.8) is 0 Å². The summed E-state index contributed by atoms with van der Waals surface area (Å²) in [6, 6.07) is 24.4. The molecule has 1 saturated carbocycles. The Bertz CT molecular complexity index is 1320. The summed E-state index contributed by atoms with van der Waals surface area (Å²) in [6.07, 6.45) is 2.53. The van der Waals surface area contributed by atoms with E-state index in [1.54, 1.807) is 0 Å². The number of rotatable bonds is 8. The molecule has 5 N–H and O–H groups in total. The van der Waals surface area contributed by atoms with E-state index < -0.39 is 12.1 Å². The van der Waals surface area contributed by atoms with Gasteiger partial charge in [-0.2, -0.15) is 0 Å². The first kappa shape index (κ1) is 25.3. The molecule has 36 heavy (non-hydrogen) atoms. The topological polar surface area (TPSA) is 109 Å². The van der Waals surface area contributed by atoms with Gasteiger partial charge in [-0.25, -0.2) is 4.79 Å². The summed E-state index contributed by atoms with van der Waals surface area (Å²) in [5.74, 6) is 0.0817. The number of fused-ring (bicyclic) bond motifs is 1. The van der Waals surface area contributed by atoms with Crippen molar-refractivity contribution in [3.8, 4) is 0 Å². The van der Waals surface area contributed by atoms with Crippen molar-refractivity contribution in [2.24, 2.45) is 5.73 Å². The van der Waals surface area contributed by atoms with Gasteiger partial charge in [0.15, 0.2) is 0 Å². The quantitative estimate of drug-likeness (QED) is 0.274. The Hall–Kier alpha value is -3.81. The first-order valence-electron chi connectivity index (χ1n) is 11.8. The molecule has 8 heteroatoms. The van der Waals surface area contributed by atoms with Gasteiger partial charge in [0.1, 0.15) is 12.6 Å². The molecule has 0 spiro atoms. The summed E-state index contributed by atoms with van der Waals surface area (Å²) in [7, 11) is 0. The first-order chi connectivity index (χ1) is 17.1. The molecular formula is C28H29ClN4O3. The van der Waals surface area contributed by atoms with Crippen LogP contribution in [0.2, 0.25) is 0 Å². The van der Waals surface area contributed by atoms with E-state index >= 15 is 0 Å². The molecule has 0 saturated heterocycles. The van der Waals surface area contributed by atoms with Crippen LogP contribution in [0.15, 0.2) is 85.1 Å². The second kappa shape index (κ2) is 11.3. The second-order valence-corrected chi connectivity index (χ2v) is 8.94. The molecule has 1 unspecified atom stereocenters. The van der Waals surface area contributed by atoms with Crippen LogP contribution < -0.4 is 16.4 Å². The molecule has 1 aliphatic carbocycles. The van der Waals surface area contributed by atoms with Gasteiger partial charge < -0.3 is 26.1 Å². The molecule has 1 fully saturated rings. The number of hydrogen-bond acceptors (Lipinski definition) is 4. The molecule has 0 bridgehead atoms. The molecule has 3 atom stereocenters. The summed E-state index contributed by atoms with van der Waals surface area (Å²) in [4.78, 5) is 29.1. The summed E-state index contributed by atoms with van der Waals surface area (Å²) < 4.78 is 5.37. The molecule has 0 radical (unpaired) electrons. The number of nitrogens with one attached hydrogen (secondary N) is 3. The third-order valence-corrected chi connectivity index (χ3v) is 6.37. The predicted molar refractivity (Wildman–Crippen MR) is 143 cm³/mol. The van der Waals surface area contributed by atoms with Crippen LogP contribution >= 0.6 is 12.4 Å². The fourth-order valence-corrected chi connectivity index (χ4v) is 4.28. The third kappa shape index (κ3) is 6.05. The number of alkyl carbamates (subject to hydrolysis) is 1. The maximum absolute atomic E-state index is 13.3. The van der Waals surface area contributed by atoms with Crippen LogP contribution in [-0.4, -0.2) is 29.1 Å². The average molecular weight is 505 g/mol. The summed E-state index contributed by atoms with van der Waals surface area (Å²) in [5.41, 5.74) is 10.6. The normalized spacial score (nSPS) is 17.0. The van der Waals surface area contributed by atoms with E-state index in [1.807, 2.05) is 85.1 Å². The number of para-hydroxylation sites is 1. The van der Waals surface area contributed by atoms with E-state index in [9.17, 15) is 9.59 Å². The number of H-pyrrole nitrogens is 1. The lowest BCUT2D eigenvalue weighted by atomic mass is 10.0. The van der Waals surface area contributed by atoms with Gasteiger partial charge in [-0.1, -0.05) is 60.7 Å².